The van der Waals surface area contributed by atoms with Gasteiger partial charge in [-0.15, -0.1) is 0 Å². The highest BCUT2D eigenvalue weighted by atomic mass is 16.5. The van der Waals surface area contributed by atoms with E-state index in [4.69, 9.17) is 4.74 Å². The minimum atomic E-state index is 0.0396. The van der Waals surface area contributed by atoms with Crippen LogP contribution in [0.25, 0.3) is 10.9 Å². The van der Waals surface area contributed by atoms with Crippen molar-refractivity contribution in [3.05, 3.63) is 65.4 Å². The quantitative estimate of drug-likeness (QED) is 0.789. The van der Waals surface area contributed by atoms with Crippen molar-refractivity contribution in [3.63, 3.8) is 0 Å². The number of nitrogens with one attached hydrogen (secondary N) is 1. The predicted octanol–water partition coefficient (Wildman–Crippen LogP) is 3.38. The molecule has 1 amide bonds. The number of benzene rings is 2. The second kappa shape index (κ2) is 5.47. The number of methoxy groups -OCH3 is 1. The van der Waals surface area contributed by atoms with Crippen molar-refractivity contribution >= 4 is 16.8 Å². The molecule has 0 atom stereocenters. The summed E-state index contributed by atoms with van der Waals surface area (Å²) in [4.78, 5) is 18.0. The highest BCUT2D eigenvalue weighted by Crippen LogP contribution is 2.27. The van der Waals surface area contributed by atoms with E-state index in [1.165, 1.54) is 11.1 Å². The molecule has 0 saturated heterocycles. The zero-order valence-corrected chi connectivity index (χ0v) is 13.0. The molecule has 1 aliphatic rings. The van der Waals surface area contributed by atoms with Crippen LogP contribution in [0.2, 0.25) is 0 Å². The summed E-state index contributed by atoms with van der Waals surface area (Å²) >= 11 is 0. The molecular weight excluding hydrogens is 288 g/mol. The number of fused-ring (bicyclic) bond motifs is 2. The molecule has 0 saturated carbocycles. The van der Waals surface area contributed by atoms with Gasteiger partial charge in [0.25, 0.3) is 5.91 Å². The van der Waals surface area contributed by atoms with E-state index < -0.39 is 0 Å². The van der Waals surface area contributed by atoms with E-state index in [0.717, 1.165) is 29.6 Å². The number of H-pyrrole nitrogens is 1. The fraction of sp³-hybridized carbons (Fsp3) is 0.211. The first-order valence-electron chi connectivity index (χ1n) is 7.78. The highest BCUT2D eigenvalue weighted by molar-refractivity contribution is 5.99. The molecule has 3 aromatic rings. The number of rotatable bonds is 2. The van der Waals surface area contributed by atoms with E-state index in [1.54, 1.807) is 7.11 Å². The van der Waals surface area contributed by atoms with Gasteiger partial charge in [0.1, 0.15) is 11.4 Å². The molecule has 0 spiro atoms. The molecule has 2 heterocycles. The molecule has 4 nitrogen and oxygen atoms in total. The third kappa shape index (κ3) is 2.36. The molecular formula is C19H18N2O2. The molecule has 4 heteroatoms. The van der Waals surface area contributed by atoms with Gasteiger partial charge < -0.3 is 14.6 Å². The number of aromatic nitrogens is 1. The van der Waals surface area contributed by atoms with E-state index in [9.17, 15) is 4.79 Å². The number of hydrogen-bond donors (Lipinski definition) is 1. The maximum atomic E-state index is 12.8. The van der Waals surface area contributed by atoms with Crippen molar-refractivity contribution in [2.45, 2.75) is 13.0 Å². The van der Waals surface area contributed by atoms with Crippen LogP contribution in [-0.4, -0.2) is 29.4 Å². The summed E-state index contributed by atoms with van der Waals surface area (Å²) in [6.07, 6.45) is 0.908. The van der Waals surface area contributed by atoms with Gasteiger partial charge >= 0.3 is 0 Å². The number of hydrogen-bond acceptors (Lipinski definition) is 2. The Morgan fingerprint density at radius 1 is 1.13 bits per heavy atom. The van der Waals surface area contributed by atoms with Crippen LogP contribution in [-0.2, 0) is 13.0 Å². The first-order valence-corrected chi connectivity index (χ1v) is 7.78. The summed E-state index contributed by atoms with van der Waals surface area (Å²) in [6, 6.07) is 16.0. The monoisotopic (exact) mass is 306 g/mol. The molecule has 1 aliphatic heterocycles. The van der Waals surface area contributed by atoms with Crippen LogP contribution in [0, 0.1) is 0 Å². The van der Waals surface area contributed by atoms with Gasteiger partial charge in [0, 0.05) is 24.0 Å². The molecule has 0 unspecified atom stereocenters. The van der Waals surface area contributed by atoms with Crippen LogP contribution >= 0.6 is 0 Å². The van der Waals surface area contributed by atoms with Crippen molar-refractivity contribution in [1.82, 2.24) is 9.88 Å². The Hall–Kier alpha value is -2.75. The second-order valence-electron chi connectivity index (χ2n) is 5.85. The summed E-state index contributed by atoms with van der Waals surface area (Å²) in [5.41, 5.74) is 4.12. The van der Waals surface area contributed by atoms with Crippen molar-refractivity contribution in [2.75, 3.05) is 13.7 Å². The van der Waals surface area contributed by atoms with E-state index >= 15 is 0 Å². The lowest BCUT2D eigenvalue weighted by Crippen LogP contribution is -2.36. The smallest absolute Gasteiger partial charge is 0.270 e. The lowest BCUT2D eigenvalue weighted by Gasteiger charge is -2.28. The second-order valence-corrected chi connectivity index (χ2v) is 5.85. The van der Waals surface area contributed by atoms with Gasteiger partial charge in [0.2, 0.25) is 0 Å². The fourth-order valence-electron chi connectivity index (χ4n) is 3.26. The minimum Gasteiger partial charge on any atom is -0.496 e. The standard InChI is InChI=1S/C19H18N2O2/c1-23-18-8-4-7-16-15(18)11-17(20-16)19(22)21-10-9-13-5-2-3-6-14(13)12-21/h2-8,11,20H,9-10,12H2,1H3. The predicted molar refractivity (Wildman–Crippen MR) is 89.7 cm³/mol. The molecule has 4 rings (SSSR count). The minimum absolute atomic E-state index is 0.0396. The number of ether oxygens (including phenoxy) is 1. The van der Waals surface area contributed by atoms with Gasteiger partial charge in [0.05, 0.1) is 7.11 Å². The van der Waals surface area contributed by atoms with Crippen molar-refractivity contribution in [2.24, 2.45) is 0 Å². The van der Waals surface area contributed by atoms with Gasteiger partial charge in [0.15, 0.2) is 0 Å². The summed E-state index contributed by atoms with van der Waals surface area (Å²) in [5, 5.41) is 0.941. The molecule has 0 aliphatic carbocycles. The van der Waals surface area contributed by atoms with E-state index in [2.05, 4.69) is 23.2 Å². The molecule has 0 bridgehead atoms. The van der Waals surface area contributed by atoms with Crippen molar-refractivity contribution in [3.8, 4) is 5.75 Å². The topological polar surface area (TPSA) is 45.3 Å². The van der Waals surface area contributed by atoms with Crippen LogP contribution in [0.15, 0.2) is 48.5 Å². The van der Waals surface area contributed by atoms with Crippen LogP contribution in [0.4, 0.5) is 0 Å². The van der Waals surface area contributed by atoms with Crippen molar-refractivity contribution < 1.29 is 9.53 Å². The van der Waals surface area contributed by atoms with E-state index in [-0.39, 0.29) is 5.91 Å². The Balaban J connectivity index is 1.65. The van der Waals surface area contributed by atoms with Gasteiger partial charge in [-0.1, -0.05) is 30.3 Å². The Morgan fingerprint density at radius 3 is 2.78 bits per heavy atom. The largest absolute Gasteiger partial charge is 0.496 e. The molecule has 1 aromatic heterocycles. The zero-order valence-electron chi connectivity index (χ0n) is 13.0. The highest BCUT2D eigenvalue weighted by Gasteiger charge is 2.23. The Kier molecular flexibility index (Phi) is 3.30. The van der Waals surface area contributed by atoms with Gasteiger partial charge in [-0.25, -0.2) is 0 Å². The lowest BCUT2D eigenvalue weighted by atomic mass is 10.00. The van der Waals surface area contributed by atoms with Crippen LogP contribution in [0.1, 0.15) is 21.6 Å². The summed E-state index contributed by atoms with van der Waals surface area (Å²) in [5.74, 6) is 0.819. The van der Waals surface area contributed by atoms with Crippen LogP contribution in [0.3, 0.4) is 0 Å². The molecule has 0 fully saturated rings. The summed E-state index contributed by atoms with van der Waals surface area (Å²) in [7, 11) is 1.64. The number of nitrogens with zero attached hydrogens (tertiary/aromatic N) is 1. The molecule has 2 aromatic carbocycles. The lowest BCUT2D eigenvalue weighted by molar-refractivity contribution is 0.0730. The van der Waals surface area contributed by atoms with Crippen molar-refractivity contribution in [1.29, 1.82) is 0 Å². The average Bonchev–Trinajstić information content (AvgIpc) is 3.04. The first kappa shape index (κ1) is 13.9. The zero-order chi connectivity index (χ0) is 15.8. The normalized spacial score (nSPS) is 13.9. The van der Waals surface area contributed by atoms with Crippen LogP contribution < -0.4 is 4.74 Å². The van der Waals surface area contributed by atoms with Gasteiger partial charge in [-0.3, -0.25) is 4.79 Å². The van der Waals surface area contributed by atoms with E-state index in [0.29, 0.717) is 12.2 Å². The average molecular weight is 306 g/mol. The molecule has 116 valence electrons. The maximum absolute atomic E-state index is 12.8. The molecule has 0 radical (unpaired) electrons. The Bertz CT molecular complexity index is 882. The van der Waals surface area contributed by atoms with Gasteiger partial charge in [-0.2, -0.15) is 0 Å². The molecule has 23 heavy (non-hydrogen) atoms. The third-order valence-electron chi connectivity index (χ3n) is 4.49. The first-order chi connectivity index (χ1) is 11.3. The SMILES string of the molecule is COc1cccc2[nH]c(C(=O)N3CCc4ccccc4C3)cc12. The maximum Gasteiger partial charge on any atom is 0.270 e. The number of aromatic amines is 1. The van der Waals surface area contributed by atoms with Gasteiger partial charge in [-0.05, 0) is 35.7 Å². The Labute approximate surface area is 134 Å². The summed E-state index contributed by atoms with van der Waals surface area (Å²) in [6.45, 7) is 1.42. The third-order valence-corrected chi connectivity index (χ3v) is 4.49. The van der Waals surface area contributed by atoms with Crippen LogP contribution in [0.5, 0.6) is 5.75 Å². The number of carbonyl (C=O) groups is 1. The Morgan fingerprint density at radius 2 is 1.96 bits per heavy atom. The summed E-state index contributed by atoms with van der Waals surface area (Å²) < 4.78 is 5.37. The number of carbonyl (C=O) groups excluding carboxylic acids is 1. The molecule has 1 N–H and O–H groups in total. The number of amides is 1. The van der Waals surface area contributed by atoms with E-state index in [1.807, 2.05) is 35.2 Å². The fourth-order valence-corrected chi connectivity index (χ4v) is 3.26.